The summed E-state index contributed by atoms with van der Waals surface area (Å²) in [6.07, 6.45) is 6.02. The number of ether oxygens (including phenoxy) is 1. The molecule has 2 aromatic carbocycles. The van der Waals surface area contributed by atoms with Crippen LogP contribution in [0, 0.1) is 5.82 Å². The molecule has 2 N–H and O–H groups in total. The van der Waals surface area contributed by atoms with Gasteiger partial charge in [0.15, 0.2) is 6.61 Å². The van der Waals surface area contributed by atoms with Crippen molar-refractivity contribution in [1.82, 2.24) is 14.9 Å². The van der Waals surface area contributed by atoms with Gasteiger partial charge < -0.3 is 14.6 Å². The molecule has 0 aliphatic rings. The zero-order valence-electron chi connectivity index (χ0n) is 16.0. The predicted molar refractivity (Wildman–Crippen MR) is 109 cm³/mol. The lowest BCUT2D eigenvalue weighted by molar-refractivity contribution is -0.123. The Morgan fingerprint density at radius 2 is 1.83 bits per heavy atom. The van der Waals surface area contributed by atoms with E-state index in [9.17, 15) is 17.6 Å². The van der Waals surface area contributed by atoms with E-state index in [1.54, 1.807) is 12.5 Å². The molecule has 8 nitrogen and oxygen atoms in total. The van der Waals surface area contributed by atoms with Gasteiger partial charge in [-0.05, 0) is 55.0 Å². The van der Waals surface area contributed by atoms with Crippen LogP contribution in [0.4, 0.5) is 10.1 Å². The highest BCUT2D eigenvalue weighted by atomic mass is 32.2. The highest BCUT2D eigenvalue weighted by Gasteiger charge is 2.14. The number of amides is 1. The van der Waals surface area contributed by atoms with Gasteiger partial charge in [-0.2, -0.15) is 0 Å². The van der Waals surface area contributed by atoms with Crippen molar-refractivity contribution in [3.05, 3.63) is 73.1 Å². The van der Waals surface area contributed by atoms with Crippen molar-refractivity contribution in [2.75, 3.05) is 17.9 Å². The highest BCUT2D eigenvalue weighted by molar-refractivity contribution is 7.92. The van der Waals surface area contributed by atoms with Gasteiger partial charge in [-0.15, -0.1) is 0 Å². The van der Waals surface area contributed by atoms with E-state index in [1.165, 1.54) is 36.4 Å². The van der Waals surface area contributed by atoms with Gasteiger partial charge in [0.25, 0.3) is 15.9 Å². The summed E-state index contributed by atoms with van der Waals surface area (Å²) in [5.74, 6) is -0.360. The number of rotatable bonds is 10. The average molecular weight is 432 g/mol. The number of nitrogens with zero attached hydrogens (tertiary/aromatic N) is 2. The summed E-state index contributed by atoms with van der Waals surface area (Å²) in [6, 6.07) is 10.7. The van der Waals surface area contributed by atoms with Gasteiger partial charge in [0.2, 0.25) is 0 Å². The van der Waals surface area contributed by atoms with Crippen LogP contribution in [-0.2, 0) is 21.4 Å². The zero-order valence-corrected chi connectivity index (χ0v) is 16.8. The minimum Gasteiger partial charge on any atom is -0.484 e. The van der Waals surface area contributed by atoms with Crippen LogP contribution >= 0.6 is 0 Å². The first-order valence-corrected chi connectivity index (χ1v) is 10.6. The average Bonchev–Trinajstić information content (AvgIpc) is 3.25. The van der Waals surface area contributed by atoms with E-state index in [0.29, 0.717) is 12.3 Å². The largest absolute Gasteiger partial charge is 0.484 e. The third-order valence-corrected chi connectivity index (χ3v) is 5.47. The Bertz CT molecular complexity index is 1050. The molecule has 0 atom stereocenters. The first kappa shape index (κ1) is 21.3. The number of carbonyl (C=O) groups is 1. The van der Waals surface area contributed by atoms with E-state index < -0.39 is 15.8 Å². The van der Waals surface area contributed by atoms with E-state index in [1.807, 2.05) is 10.8 Å². The Kier molecular flexibility index (Phi) is 7.02. The minimum absolute atomic E-state index is 0.0168. The van der Waals surface area contributed by atoms with Crippen molar-refractivity contribution in [3.8, 4) is 5.75 Å². The maximum Gasteiger partial charge on any atom is 0.261 e. The van der Waals surface area contributed by atoms with Gasteiger partial charge >= 0.3 is 0 Å². The van der Waals surface area contributed by atoms with Gasteiger partial charge in [-0.25, -0.2) is 17.8 Å². The molecular formula is C20H21FN4O4S. The first-order valence-electron chi connectivity index (χ1n) is 9.16. The molecule has 0 unspecified atom stereocenters. The number of imidazole rings is 1. The summed E-state index contributed by atoms with van der Waals surface area (Å²) in [5.41, 5.74) is 0.251. The fourth-order valence-corrected chi connectivity index (χ4v) is 3.61. The Morgan fingerprint density at radius 3 is 2.50 bits per heavy atom. The number of carbonyl (C=O) groups excluding carboxylic acids is 1. The molecule has 30 heavy (non-hydrogen) atoms. The van der Waals surface area contributed by atoms with Crippen LogP contribution in [0.3, 0.4) is 0 Å². The van der Waals surface area contributed by atoms with E-state index in [0.717, 1.165) is 25.1 Å². The molecule has 1 amide bonds. The van der Waals surface area contributed by atoms with E-state index >= 15 is 0 Å². The fourth-order valence-electron chi connectivity index (χ4n) is 2.56. The monoisotopic (exact) mass is 432 g/mol. The van der Waals surface area contributed by atoms with E-state index in [4.69, 9.17) is 4.74 Å². The molecule has 0 saturated heterocycles. The van der Waals surface area contributed by atoms with Gasteiger partial charge in [-0.3, -0.25) is 9.52 Å². The molecule has 0 aliphatic heterocycles. The molecule has 1 heterocycles. The van der Waals surface area contributed by atoms with E-state index in [-0.39, 0.29) is 23.1 Å². The Hall–Kier alpha value is -3.40. The standard InChI is InChI=1S/C20H21FN4O4S/c21-16-2-4-17(5-3-16)24-30(27,28)19-8-6-18(7-9-19)29-14-20(26)23-10-1-12-25-13-11-22-15-25/h2-9,11,13,15,24H,1,10,12,14H2,(H,23,26). The molecule has 0 bridgehead atoms. The van der Waals surface area contributed by atoms with Gasteiger partial charge in [0.05, 0.1) is 11.2 Å². The summed E-state index contributed by atoms with van der Waals surface area (Å²) < 4.78 is 47.4. The van der Waals surface area contributed by atoms with Gasteiger partial charge in [-0.1, -0.05) is 0 Å². The molecule has 0 saturated carbocycles. The molecule has 158 valence electrons. The minimum atomic E-state index is -3.82. The first-order chi connectivity index (χ1) is 14.4. The Labute approximate surface area is 173 Å². The van der Waals surface area contributed by atoms with Crippen LogP contribution in [0.25, 0.3) is 0 Å². The number of anilines is 1. The van der Waals surface area contributed by atoms with Crippen molar-refractivity contribution >= 4 is 21.6 Å². The summed E-state index contributed by atoms with van der Waals surface area (Å²) in [6.45, 7) is 1.08. The smallest absolute Gasteiger partial charge is 0.261 e. The van der Waals surface area contributed by atoms with Crippen molar-refractivity contribution in [2.45, 2.75) is 17.9 Å². The molecule has 0 spiro atoms. The van der Waals surface area contributed by atoms with Crippen molar-refractivity contribution in [2.24, 2.45) is 0 Å². The molecule has 0 fully saturated rings. The topological polar surface area (TPSA) is 102 Å². The number of aromatic nitrogens is 2. The van der Waals surface area contributed by atoms with Crippen molar-refractivity contribution < 1.29 is 22.3 Å². The van der Waals surface area contributed by atoms with Gasteiger partial charge in [0, 0.05) is 31.2 Å². The van der Waals surface area contributed by atoms with Crippen LogP contribution in [0.15, 0.2) is 72.1 Å². The molecule has 0 aliphatic carbocycles. The zero-order chi connectivity index (χ0) is 21.4. The second kappa shape index (κ2) is 9.88. The molecule has 0 radical (unpaired) electrons. The Balaban J connectivity index is 1.44. The van der Waals surface area contributed by atoms with Crippen molar-refractivity contribution in [3.63, 3.8) is 0 Å². The summed E-state index contributed by atoms with van der Waals surface area (Å²) in [5, 5.41) is 2.75. The quantitative estimate of drug-likeness (QED) is 0.479. The molecule has 1 aromatic heterocycles. The third kappa shape index (κ3) is 6.31. The Morgan fingerprint density at radius 1 is 1.10 bits per heavy atom. The number of halogens is 1. The van der Waals surface area contributed by atoms with Crippen LogP contribution in [0.2, 0.25) is 0 Å². The van der Waals surface area contributed by atoms with Crippen molar-refractivity contribution in [1.29, 1.82) is 0 Å². The highest BCUT2D eigenvalue weighted by Crippen LogP contribution is 2.19. The van der Waals surface area contributed by atoms with Crippen LogP contribution in [0.1, 0.15) is 6.42 Å². The lowest BCUT2D eigenvalue weighted by Gasteiger charge is -2.10. The van der Waals surface area contributed by atoms with E-state index in [2.05, 4.69) is 15.0 Å². The lowest BCUT2D eigenvalue weighted by Crippen LogP contribution is -2.30. The normalized spacial score (nSPS) is 11.1. The lowest BCUT2D eigenvalue weighted by atomic mass is 10.3. The number of aryl methyl sites for hydroxylation is 1. The summed E-state index contributed by atoms with van der Waals surface area (Å²) in [7, 11) is -3.82. The number of benzene rings is 2. The number of hydrogen-bond donors (Lipinski definition) is 2. The number of nitrogens with one attached hydrogen (secondary N) is 2. The fraction of sp³-hybridized carbons (Fsp3) is 0.200. The maximum absolute atomic E-state index is 12.9. The maximum atomic E-state index is 12.9. The van der Waals surface area contributed by atoms with Gasteiger partial charge in [0.1, 0.15) is 11.6 Å². The number of sulfonamides is 1. The second-order valence-corrected chi connectivity index (χ2v) is 8.06. The third-order valence-electron chi connectivity index (χ3n) is 4.07. The molecular weight excluding hydrogens is 411 g/mol. The van der Waals surface area contributed by atoms with Crippen LogP contribution in [0.5, 0.6) is 5.75 Å². The molecule has 3 rings (SSSR count). The second-order valence-electron chi connectivity index (χ2n) is 6.38. The SMILES string of the molecule is O=C(COc1ccc(S(=O)(=O)Nc2ccc(F)cc2)cc1)NCCCn1ccnc1. The summed E-state index contributed by atoms with van der Waals surface area (Å²) >= 11 is 0. The number of hydrogen-bond acceptors (Lipinski definition) is 5. The summed E-state index contributed by atoms with van der Waals surface area (Å²) in [4.78, 5) is 15.8. The molecule has 10 heteroatoms. The van der Waals surface area contributed by atoms with Crippen LogP contribution in [-0.4, -0.2) is 37.0 Å². The predicted octanol–water partition coefficient (Wildman–Crippen LogP) is 2.41. The van der Waals surface area contributed by atoms with Crippen LogP contribution < -0.4 is 14.8 Å². The molecule has 3 aromatic rings.